The van der Waals surface area contributed by atoms with Gasteiger partial charge in [0, 0.05) is 22.7 Å². The van der Waals surface area contributed by atoms with Gasteiger partial charge in [0.25, 0.3) is 0 Å². The maximum Gasteiger partial charge on any atom is 0.219 e. The number of ether oxygens (including phenoxy) is 1. The Balaban J connectivity index is 2.34. The van der Waals surface area contributed by atoms with Crippen LogP contribution in [0.15, 0.2) is 30.3 Å². The van der Waals surface area contributed by atoms with E-state index in [1.54, 1.807) is 18.2 Å². The Kier molecular flexibility index (Phi) is 5.14. The number of aromatic nitrogens is 1. The zero-order valence-corrected chi connectivity index (χ0v) is 13.4. The molecule has 0 saturated heterocycles. The number of hydrogen-bond acceptors (Lipinski definition) is 2. The first-order valence-electron chi connectivity index (χ1n) is 6.19. The van der Waals surface area contributed by atoms with E-state index in [2.05, 4.69) is 18.8 Å². The molecule has 0 radical (unpaired) electrons. The molecule has 0 fully saturated rings. The average molecular weight is 331 g/mol. The van der Waals surface area contributed by atoms with Gasteiger partial charge in [0.1, 0.15) is 5.75 Å². The van der Waals surface area contributed by atoms with Crippen molar-refractivity contribution < 1.29 is 4.74 Å². The molecule has 2 rings (SSSR count). The summed E-state index contributed by atoms with van der Waals surface area (Å²) in [5.41, 5.74) is 1.90. The van der Waals surface area contributed by atoms with Gasteiger partial charge in [-0.25, -0.2) is 4.98 Å². The predicted molar refractivity (Wildman–Crippen MR) is 84.4 cm³/mol. The minimum atomic E-state index is 0.293. The summed E-state index contributed by atoms with van der Waals surface area (Å²) in [6.45, 7) is 4.14. The van der Waals surface area contributed by atoms with Gasteiger partial charge in [-0.15, -0.1) is 11.6 Å². The topological polar surface area (TPSA) is 22.1 Å². The first-order valence-corrected chi connectivity index (χ1v) is 7.48. The molecule has 0 N–H and O–H groups in total. The van der Waals surface area contributed by atoms with Gasteiger partial charge < -0.3 is 4.74 Å². The van der Waals surface area contributed by atoms with Crippen LogP contribution in [0.4, 0.5) is 0 Å². The van der Waals surface area contributed by atoms with Crippen LogP contribution in [0, 0.1) is 0 Å². The fraction of sp³-hybridized carbons (Fsp3) is 0.267. The number of hydrogen-bond donors (Lipinski definition) is 0. The average Bonchev–Trinajstić information content (AvgIpc) is 2.41. The second kappa shape index (κ2) is 6.66. The Morgan fingerprint density at radius 3 is 2.50 bits per heavy atom. The summed E-state index contributed by atoms with van der Waals surface area (Å²) in [4.78, 5) is 4.47. The summed E-state index contributed by atoms with van der Waals surface area (Å²) in [6.07, 6.45) is 0. The largest absolute Gasteiger partial charge is 0.437 e. The molecule has 0 spiro atoms. The van der Waals surface area contributed by atoms with Gasteiger partial charge in [0.2, 0.25) is 5.88 Å². The summed E-state index contributed by atoms with van der Waals surface area (Å²) in [6, 6.07) is 8.86. The summed E-state index contributed by atoms with van der Waals surface area (Å²) in [7, 11) is 0. The van der Waals surface area contributed by atoms with Gasteiger partial charge in [0.15, 0.2) is 0 Å². The van der Waals surface area contributed by atoms with Gasteiger partial charge in [-0.05, 0) is 35.7 Å². The van der Waals surface area contributed by atoms with Crippen molar-refractivity contribution in [3.63, 3.8) is 0 Å². The van der Waals surface area contributed by atoms with Crippen molar-refractivity contribution in [2.24, 2.45) is 0 Å². The Hall–Kier alpha value is -0.960. The molecule has 0 unspecified atom stereocenters. The van der Waals surface area contributed by atoms with E-state index in [4.69, 9.17) is 39.5 Å². The summed E-state index contributed by atoms with van der Waals surface area (Å²) >= 11 is 17.9. The molecule has 1 heterocycles. The molecule has 1 aromatic heterocycles. The lowest BCUT2D eigenvalue weighted by Gasteiger charge is -2.11. The predicted octanol–water partition coefficient (Wildman–Crippen LogP) is 6.04. The zero-order valence-electron chi connectivity index (χ0n) is 11.2. The molecule has 106 valence electrons. The quantitative estimate of drug-likeness (QED) is 0.637. The summed E-state index contributed by atoms with van der Waals surface area (Å²) < 4.78 is 5.74. The normalized spacial score (nSPS) is 10.9. The maximum absolute atomic E-state index is 6.09. The lowest BCUT2D eigenvalue weighted by molar-refractivity contribution is 0.459. The fourth-order valence-electron chi connectivity index (χ4n) is 1.68. The second-order valence-corrected chi connectivity index (χ2v) is 5.81. The van der Waals surface area contributed by atoms with Crippen LogP contribution in [0.5, 0.6) is 11.6 Å². The molecule has 5 heteroatoms. The number of benzene rings is 1. The van der Waals surface area contributed by atoms with Crippen molar-refractivity contribution in [2.75, 3.05) is 0 Å². The highest BCUT2D eigenvalue weighted by molar-refractivity contribution is 6.35. The lowest BCUT2D eigenvalue weighted by atomic mass is 10.1. The summed E-state index contributed by atoms with van der Waals surface area (Å²) in [5, 5.41) is 1.01. The number of halogens is 3. The first kappa shape index (κ1) is 15.4. The molecular formula is C15H14Cl3NO. The highest BCUT2D eigenvalue weighted by Gasteiger charge is 2.09. The molecule has 1 aromatic carbocycles. The molecule has 0 aliphatic carbocycles. The van der Waals surface area contributed by atoms with Crippen LogP contribution >= 0.6 is 34.8 Å². The van der Waals surface area contributed by atoms with Crippen LogP contribution in [0.25, 0.3) is 0 Å². The molecule has 0 atom stereocenters. The van der Waals surface area contributed by atoms with E-state index in [0.29, 0.717) is 33.5 Å². The van der Waals surface area contributed by atoms with Crippen LogP contribution in [-0.4, -0.2) is 4.98 Å². The fourth-order valence-corrected chi connectivity index (χ4v) is 2.28. The standard InChI is InChI=1S/C15H14Cl3NO/c1-9(2)13-5-10(8-16)6-15(19-13)20-14-4-3-11(17)7-12(14)18/h3-7,9H,8H2,1-2H3. The maximum atomic E-state index is 6.09. The van der Waals surface area contributed by atoms with Crippen molar-refractivity contribution in [3.8, 4) is 11.6 Å². The summed E-state index contributed by atoms with van der Waals surface area (Å²) in [5.74, 6) is 1.70. The highest BCUT2D eigenvalue weighted by Crippen LogP contribution is 2.32. The highest BCUT2D eigenvalue weighted by atomic mass is 35.5. The van der Waals surface area contributed by atoms with Crippen molar-refractivity contribution in [3.05, 3.63) is 51.6 Å². The van der Waals surface area contributed by atoms with Crippen LogP contribution in [-0.2, 0) is 5.88 Å². The van der Waals surface area contributed by atoms with E-state index in [1.807, 2.05) is 12.1 Å². The number of pyridine rings is 1. The minimum Gasteiger partial charge on any atom is -0.437 e. The number of alkyl halides is 1. The van der Waals surface area contributed by atoms with E-state index in [1.165, 1.54) is 0 Å². The monoisotopic (exact) mass is 329 g/mol. The van der Waals surface area contributed by atoms with Gasteiger partial charge in [-0.3, -0.25) is 0 Å². The van der Waals surface area contributed by atoms with Crippen LogP contribution in [0.1, 0.15) is 31.0 Å². The second-order valence-electron chi connectivity index (χ2n) is 4.70. The number of nitrogens with zero attached hydrogens (tertiary/aromatic N) is 1. The Bertz CT molecular complexity index is 614. The molecule has 0 bridgehead atoms. The lowest BCUT2D eigenvalue weighted by Crippen LogP contribution is -1.98. The van der Waals surface area contributed by atoms with Gasteiger partial charge in [-0.1, -0.05) is 37.0 Å². The van der Waals surface area contributed by atoms with Crippen molar-refractivity contribution in [1.82, 2.24) is 4.98 Å². The zero-order chi connectivity index (χ0) is 14.7. The third-order valence-corrected chi connectivity index (χ3v) is 3.57. The van der Waals surface area contributed by atoms with Gasteiger partial charge in [0.05, 0.1) is 5.02 Å². The molecule has 0 aliphatic heterocycles. The Morgan fingerprint density at radius 1 is 1.15 bits per heavy atom. The van der Waals surface area contributed by atoms with E-state index < -0.39 is 0 Å². The molecule has 0 amide bonds. The van der Waals surface area contributed by atoms with E-state index in [9.17, 15) is 0 Å². The van der Waals surface area contributed by atoms with Crippen molar-refractivity contribution in [2.45, 2.75) is 25.6 Å². The molecular weight excluding hydrogens is 317 g/mol. The minimum absolute atomic E-state index is 0.293. The molecule has 0 aliphatic rings. The van der Waals surface area contributed by atoms with Gasteiger partial charge in [-0.2, -0.15) is 0 Å². The van der Waals surface area contributed by atoms with Crippen molar-refractivity contribution in [1.29, 1.82) is 0 Å². The van der Waals surface area contributed by atoms with E-state index in [-0.39, 0.29) is 0 Å². The smallest absolute Gasteiger partial charge is 0.219 e. The third-order valence-electron chi connectivity index (χ3n) is 2.74. The molecule has 2 nitrogen and oxygen atoms in total. The molecule has 0 saturated carbocycles. The van der Waals surface area contributed by atoms with E-state index >= 15 is 0 Å². The Labute approximate surface area is 133 Å². The molecule has 2 aromatic rings. The van der Waals surface area contributed by atoms with Crippen LogP contribution in [0.2, 0.25) is 10.0 Å². The number of rotatable bonds is 4. The SMILES string of the molecule is CC(C)c1cc(CCl)cc(Oc2ccc(Cl)cc2Cl)n1. The van der Waals surface area contributed by atoms with E-state index in [0.717, 1.165) is 11.3 Å². The third kappa shape index (κ3) is 3.78. The van der Waals surface area contributed by atoms with Crippen molar-refractivity contribution >= 4 is 34.8 Å². The Morgan fingerprint density at radius 2 is 1.90 bits per heavy atom. The van der Waals surface area contributed by atoms with Gasteiger partial charge >= 0.3 is 0 Å². The van der Waals surface area contributed by atoms with Crippen LogP contribution in [0.3, 0.4) is 0 Å². The molecule has 20 heavy (non-hydrogen) atoms. The van der Waals surface area contributed by atoms with Crippen LogP contribution < -0.4 is 4.74 Å². The first-order chi connectivity index (χ1) is 9.49.